The summed E-state index contributed by atoms with van der Waals surface area (Å²) in [6.07, 6.45) is 5.94. The van der Waals surface area contributed by atoms with E-state index in [-0.39, 0.29) is 29.3 Å². The average molecular weight is 313 g/mol. The molecule has 7 nitrogen and oxygen atoms in total. The monoisotopic (exact) mass is 313 g/mol. The maximum absolute atomic E-state index is 12.7. The topological polar surface area (TPSA) is 92.5 Å². The molecule has 21 heavy (non-hydrogen) atoms. The smallest absolute Gasteiger partial charge is 0.303 e. The number of carboxylic acids is 1. The second kappa shape index (κ2) is 5.10. The lowest BCUT2D eigenvalue weighted by atomic mass is 9.90. The van der Waals surface area contributed by atoms with Gasteiger partial charge in [0.2, 0.25) is 10.0 Å². The number of aromatic nitrogens is 2. The Bertz CT molecular complexity index is 640. The fourth-order valence-electron chi connectivity index (χ4n) is 3.71. The van der Waals surface area contributed by atoms with Gasteiger partial charge in [0.15, 0.2) is 0 Å². The summed E-state index contributed by atoms with van der Waals surface area (Å²) < 4.78 is 28.6. The lowest BCUT2D eigenvalue weighted by Gasteiger charge is -2.37. The van der Waals surface area contributed by atoms with Crippen molar-refractivity contribution < 1.29 is 18.3 Å². The molecule has 0 spiro atoms. The summed E-state index contributed by atoms with van der Waals surface area (Å²) in [6.45, 7) is 0. The number of sulfonamides is 1. The van der Waals surface area contributed by atoms with Gasteiger partial charge in [0.25, 0.3) is 0 Å². The summed E-state index contributed by atoms with van der Waals surface area (Å²) in [4.78, 5) is 11.1. The van der Waals surface area contributed by atoms with Crippen LogP contribution in [0.2, 0.25) is 0 Å². The van der Waals surface area contributed by atoms with E-state index in [9.17, 15) is 13.2 Å². The fourth-order valence-corrected chi connectivity index (χ4v) is 5.58. The third-order valence-electron chi connectivity index (χ3n) is 4.48. The van der Waals surface area contributed by atoms with Crippen LogP contribution in [0.15, 0.2) is 17.3 Å². The maximum Gasteiger partial charge on any atom is 0.303 e. The first-order valence-corrected chi connectivity index (χ1v) is 8.56. The van der Waals surface area contributed by atoms with Crippen LogP contribution in [0.5, 0.6) is 0 Å². The Labute approximate surface area is 123 Å². The van der Waals surface area contributed by atoms with Gasteiger partial charge in [-0.3, -0.25) is 9.48 Å². The van der Waals surface area contributed by atoms with E-state index >= 15 is 0 Å². The Morgan fingerprint density at radius 3 is 2.48 bits per heavy atom. The largest absolute Gasteiger partial charge is 0.481 e. The molecule has 2 atom stereocenters. The fraction of sp³-hybridized carbons (Fsp3) is 0.692. The molecule has 2 aliphatic heterocycles. The predicted octanol–water partition coefficient (Wildman–Crippen LogP) is 0.827. The van der Waals surface area contributed by atoms with Crippen molar-refractivity contribution >= 4 is 16.0 Å². The highest BCUT2D eigenvalue weighted by molar-refractivity contribution is 7.89. The molecule has 2 fully saturated rings. The van der Waals surface area contributed by atoms with E-state index in [2.05, 4.69) is 5.10 Å². The highest BCUT2D eigenvalue weighted by Gasteiger charge is 2.47. The number of fused-ring (bicyclic) bond motifs is 2. The minimum absolute atomic E-state index is 0.0710. The first-order chi connectivity index (χ1) is 9.88. The first kappa shape index (κ1) is 14.5. The zero-order chi connectivity index (χ0) is 15.2. The molecule has 0 aromatic carbocycles. The zero-order valence-electron chi connectivity index (χ0n) is 11.8. The van der Waals surface area contributed by atoms with Crippen molar-refractivity contribution in [3.8, 4) is 0 Å². The SMILES string of the molecule is Cn1cc(S(=O)(=O)N2C3CCC2CC(CC(=O)O)C3)cn1. The molecule has 2 saturated heterocycles. The predicted molar refractivity (Wildman–Crippen MR) is 74.0 cm³/mol. The van der Waals surface area contributed by atoms with Gasteiger partial charge >= 0.3 is 5.97 Å². The van der Waals surface area contributed by atoms with Crippen LogP contribution < -0.4 is 0 Å². The molecule has 1 aromatic rings. The van der Waals surface area contributed by atoms with E-state index in [0.717, 1.165) is 12.8 Å². The number of carboxylic acid groups (broad SMARTS) is 1. The lowest BCUT2D eigenvalue weighted by molar-refractivity contribution is -0.138. The Balaban J connectivity index is 1.83. The van der Waals surface area contributed by atoms with Crippen LogP contribution in [0.4, 0.5) is 0 Å². The highest BCUT2D eigenvalue weighted by atomic mass is 32.2. The van der Waals surface area contributed by atoms with Crippen LogP contribution in [0, 0.1) is 5.92 Å². The van der Waals surface area contributed by atoms with Gasteiger partial charge in [-0.05, 0) is 31.6 Å². The van der Waals surface area contributed by atoms with E-state index in [0.29, 0.717) is 12.8 Å². The number of aliphatic carboxylic acids is 1. The summed E-state index contributed by atoms with van der Waals surface area (Å²) in [6, 6.07) is -0.142. The lowest BCUT2D eigenvalue weighted by Crippen LogP contribution is -2.46. The zero-order valence-corrected chi connectivity index (χ0v) is 12.7. The first-order valence-electron chi connectivity index (χ1n) is 7.12. The summed E-state index contributed by atoms with van der Waals surface area (Å²) in [7, 11) is -1.84. The Hall–Kier alpha value is -1.41. The molecule has 3 heterocycles. The number of piperidine rings is 1. The van der Waals surface area contributed by atoms with Crippen molar-refractivity contribution in [2.75, 3.05) is 0 Å². The van der Waals surface area contributed by atoms with Gasteiger partial charge in [0.1, 0.15) is 4.90 Å². The average Bonchev–Trinajstić information content (AvgIpc) is 2.92. The number of hydrogen-bond donors (Lipinski definition) is 1. The van der Waals surface area contributed by atoms with Crippen molar-refractivity contribution in [2.45, 2.75) is 49.1 Å². The van der Waals surface area contributed by atoms with Crippen LogP contribution in [0.3, 0.4) is 0 Å². The van der Waals surface area contributed by atoms with Crippen molar-refractivity contribution in [3.05, 3.63) is 12.4 Å². The van der Waals surface area contributed by atoms with Gasteiger partial charge in [0, 0.05) is 31.7 Å². The molecule has 2 bridgehead atoms. The van der Waals surface area contributed by atoms with Crippen molar-refractivity contribution in [2.24, 2.45) is 13.0 Å². The molecule has 0 amide bonds. The van der Waals surface area contributed by atoms with E-state index in [4.69, 9.17) is 5.11 Å². The Morgan fingerprint density at radius 2 is 2.00 bits per heavy atom. The van der Waals surface area contributed by atoms with Crippen LogP contribution in [-0.4, -0.2) is 45.7 Å². The normalized spacial score (nSPS) is 29.7. The third kappa shape index (κ3) is 2.57. The molecular weight excluding hydrogens is 294 g/mol. The van der Waals surface area contributed by atoms with Gasteiger partial charge in [-0.25, -0.2) is 8.42 Å². The van der Waals surface area contributed by atoms with Crippen LogP contribution in [0.1, 0.15) is 32.1 Å². The van der Waals surface area contributed by atoms with Crippen molar-refractivity contribution in [1.82, 2.24) is 14.1 Å². The number of aryl methyl sites for hydroxylation is 1. The van der Waals surface area contributed by atoms with E-state index < -0.39 is 16.0 Å². The van der Waals surface area contributed by atoms with Gasteiger partial charge in [-0.1, -0.05) is 0 Å². The van der Waals surface area contributed by atoms with E-state index in [1.165, 1.54) is 17.1 Å². The maximum atomic E-state index is 12.7. The molecule has 0 aliphatic carbocycles. The molecule has 2 unspecified atom stereocenters. The van der Waals surface area contributed by atoms with Crippen LogP contribution in [-0.2, 0) is 21.9 Å². The van der Waals surface area contributed by atoms with E-state index in [1.54, 1.807) is 11.4 Å². The summed E-state index contributed by atoms with van der Waals surface area (Å²) >= 11 is 0. The summed E-state index contributed by atoms with van der Waals surface area (Å²) in [5.74, 6) is -0.719. The summed E-state index contributed by atoms with van der Waals surface area (Å²) in [5.41, 5.74) is 0. The highest BCUT2D eigenvalue weighted by Crippen LogP contribution is 2.42. The second-order valence-electron chi connectivity index (χ2n) is 6.00. The van der Waals surface area contributed by atoms with Gasteiger partial charge < -0.3 is 5.11 Å². The molecule has 8 heteroatoms. The molecule has 1 aromatic heterocycles. The van der Waals surface area contributed by atoms with Crippen molar-refractivity contribution in [3.63, 3.8) is 0 Å². The molecule has 0 saturated carbocycles. The number of rotatable bonds is 4. The molecular formula is C13H19N3O4S. The van der Waals surface area contributed by atoms with Gasteiger partial charge in [0.05, 0.1) is 6.20 Å². The number of hydrogen-bond acceptors (Lipinski definition) is 4. The molecule has 0 radical (unpaired) electrons. The van der Waals surface area contributed by atoms with Crippen molar-refractivity contribution in [1.29, 1.82) is 0 Å². The second-order valence-corrected chi connectivity index (χ2v) is 7.85. The van der Waals surface area contributed by atoms with Gasteiger partial charge in [-0.15, -0.1) is 0 Å². The van der Waals surface area contributed by atoms with E-state index in [1.807, 2.05) is 0 Å². The minimum atomic E-state index is -3.53. The molecule has 116 valence electrons. The quantitative estimate of drug-likeness (QED) is 0.888. The summed E-state index contributed by atoms with van der Waals surface area (Å²) in [5, 5.41) is 12.9. The van der Waals surface area contributed by atoms with Crippen LogP contribution >= 0.6 is 0 Å². The van der Waals surface area contributed by atoms with Gasteiger partial charge in [-0.2, -0.15) is 9.40 Å². The number of carbonyl (C=O) groups is 1. The third-order valence-corrected chi connectivity index (χ3v) is 6.44. The Morgan fingerprint density at radius 1 is 1.38 bits per heavy atom. The molecule has 2 aliphatic rings. The standard InChI is InChI=1S/C13H19N3O4S/c1-15-8-12(7-14-15)21(19,20)16-10-2-3-11(16)5-9(4-10)6-13(17)18/h7-11H,2-6H2,1H3,(H,17,18). The molecule has 1 N–H and O–H groups in total. The Kier molecular flexibility index (Phi) is 3.53. The van der Waals surface area contributed by atoms with Crippen LogP contribution in [0.25, 0.3) is 0 Å². The number of nitrogens with zero attached hydrogens (tertiary/aromatic N) is 3. The molecule has 3 rings (SSSR count). The minimum Gasteiger partial charge on any atom is -0.481 e.